The third-order valence-electron chi connectivity index (χ3n) is 5.79. The summed E-state index contributed by atoms with van der Waals surface area (Å²) in [5.41, 5.74) is 1.18. The Hall–Kier alpha value is -3.80. The van der Waals surface area contributed by atoms with Crippen molar-refractivity contribution in [3.63, 3.8) is 0 Å². The molecule has 0 saturated carbocycles. The van der Waals surface area contributed by atoms with Crippen LogP contribution in [-0.4, -0.2) is 71.6 Å². The van der Waals surface area contributed by atoms with Crippen molar-refractivity contribution >= 4 is 35.7 Å². The number of nitrogens with zero attached hydrogens (tertiary/aromatic N) is 1. The van der Waals surface area contributed by atoms with Crippen molar-refractivity contribution in [2.24, 2.45) is 0 Å². The molecule has 0 aliphatic carbocycles. The van der Waals surface area contributed by atoms with Crippen molar-refractivity contribution in [1.29, 1.82) is 0 Å². The molecule has 2 aliphatic heterocycles. The summed E-state index contributed by atoms with van der Waals surface area (Å²) in [6.07, 6.45) is -5.44. The predicted octanol–water partition coefficient (Wildman–Crippen LogP) is 1.13. The smallest absolute Gasteiger partial charge is 0.303 e. The third kappa shape index (κ3) is 7.13. The molecule has 0 aromatic heterocycles. The van der Waals surface area contributed by atoms with Gasteiger partial charge in [-0.25, -0.2) is 0 Å². The van der Waals surface area contributed by atoms with Crippen LogP contribution in [0.4, 0.5) is 0 Å². The van der Waals surface area contributed by atoms with Crippen molar-refractivity contribution in [2.45, 2.75) is 77.6 Å². The average molecular weight is 520 g/mol. The molecule has 200 valence electrons. The fraction of sp³-hybridized carbons (Fsp3) is 0.520. The van der Waals surface area contributed by atoms with Crippen molar-refractivity contribution in [2.75, 3.05) is 6.61 Å². The first kappa shape index (κ1) is 27.8. The number of esters is 4. The van der Waals surface area contributed by atoms with E-state index in [0.29, 0.717) is 11.1 Å². The largest absolute Gasteiger partial charge is 0.463 e. The van der Waals surface area contributed by atoms with E-state index in [-0.39, 0.29) is 37.8 Å². The molecule has 0 N–H and O–H groups in total. The first-order valence-electron chi connectivity index (χ1n) is 11.7. The summed E-state index contributed by atoms with van der Waals surface area (Å²) in [6, 6.07) is 6.67. The molecular formula is C25H29NO11. The van der Waals surface area contributed by atoms with Gasteiger partial charge in [0.15, 0.2) is 18.3 Å². The lowest BCUT2D eigenvalue weighted by Crippen LogP contribution is -2.59. The number of hydrogen-bond donors (Lipinski definition) is 0. The summed E-state index contributed by atoms with van der Waals surface area (Å²) in [4.78, 5) is 72.4. The van der Waals surface area contributed by atoms with E-state index in [0.717, 1.165) is 13.8 Å². The van der Waals surface area contributed by atoms with Gasteiger partial charge in [0.25, 0.3) is 0 Å². The van der Waals surface area contributed by atoms with Crippen LogP contribution < -0.4 is 0 Å². The number of rotatable bonds is 8. The predicted molar refractivity (Wildman–Crippen MR) is 122 cm³/mol. The number of ether oxygens (including phenoxy) is 5. The van der Waals surface area contributed by atoms with Crippen LogP contribution in [0.15, 0.2) is 24.3 Å². The van der Waals surface area contributed by atoms with Crippen LogP contribution >= 0.6 is 0 Å². The molecule has 12 heteroatoms. The number of carbonyl (C=O) groups is 6. The summed E-state index contributed by atoms with van der Waals surface area (Å²) in [5.74, 6) is -3.22. The maximum Gasteiger partial charge on any atom is 0.303 e. The van der Waals surface area contributed by atoms with Crippen LogP contribution in [0.3, 0.4) is 0 Å². The molecule has 2 aliphatic rings. The van der Waals surface area contributed by atoms with Gasteiger partial charge in [0.2, 0.25) is 11.8 Å². The molecule has 2 fully saturated rings. The Morgan fingerprint density at radius 3 is 1.81 bits per heavy atom. The van der Waals surface area contributed by atoms with Crippen LogP contribution in [0.2, 0.25) is 0 Å². The highest BCUT2D eigenvalue weighted by Gasteiger charge is 2.52. The second-order valence-corrected chi connectivity index (χ2v) is 8.74. The minimum absolute atomic E-state index is 0.108. The molecule has 3 rings (SSSR count). The van der Waals surface area contributed by atoms with Gasteiger partial charge in [-0.1, -0.05) is 24.3 Å². The van der Waals surface area contributed by atoms with E-state index in [9.17, 15) is 28.8 Å². The van der Waals surface area contributed by atoms with Crippen molar-refractivity contribution in [3.8, 4) is 0 Å². The zero-order valence-electron chi connectivity index (χ0n) is 21.0. The number of imide groups is 1. The molecule has 0 bridgehead atoms. The lowest BCUT2D eigenvalue weighted by atomic mass is 9.90. The van der Waals surface area contributed by atoms with Crippen LogP contribution in [-0.2, 0) is 59.0 Å². The summed E-state index contributed by atoms with van der Waals surface area (Å²) < 4.78 is 27.5. The molecule has 12 nitrogen and oxygen atoms in total. The van der Waals surface area contributed by atoms with Gasteiger partial charge in [0, 0.05) is 40.5 Å². The Kier molecular flexibility index (Phi) is 8.98. The zero-order chi connectivity index (χ0) is 27.3. The molecule has 37 heavy (non-hydrogen) atoms. The highest BCUT2D eigenvalue weighted by molar-refractivity contribution is 6.01. The third-order valence-corrected chi connectivity index (χ3v) is 5.79. The van der Waals surface area contributed by atoms with Gasteiger partial charge < -0.3 is 23.7 Å². The topological polar surface area (TPSA) is 152 Å². The highest BCUT2D eigenvalue weighted by atomic mass is 16.7. The van der Waals surface area contributed by atoms with Gasteiger partial charge in [-0.3, -0.25) is 33.7 Å². The molecule has 0 radical (unpaired) electrons. The van der Waals surface area contributed by atoms with E-state index < -0.39 is 54.4 Å². The van der Waals surface area contributed by atoms with Gasteiger partial charge >= 0.3 is 23.9 Å². The fourth-order valence-corrected chi connectivity index (χ4v) is 4.29. The fourth-order valence-electron chi connectivity index (χ4n) is 4.29. The minimum Gasteiger partial charge on any atom is -0.463 e. The molecular weight excluding hydrogens is 490 g/mol. The van der Waals surface area contributed by atoms with Crippen molar-refractivity contribution in [3.05, 3.63) is 35.4 Å². The summed E-state index contributed by atoms with van der Waals surface area (Å²) in [5, 5.41) is 0. The van der Waals surface area contributed by atoms with Crippen LogP contribution in [0.5, 0.6) is 0 Å². The number of carbonyl (C=O) groups excluding carboxylic acids is 6. The summed E-state index contributed by atoms with van der Waals surface area (Å²) >= 11 is 0. The maximum absolute atomic E-state index is 12.0. The number of benzene rings is 1. The van der Waals surface area contributed by atoms with E-state index in [4.69, 9.17) is 23.7 Å². The van der Waals surface area contributed by atoms with E-state index in [2.05, 4.69) is 0 Å². The summed E-state index contributed by atoms with van der Waals surface area (Å²) in [6.45, 7) is 4.44. The van der Waals surface area contributed by atoms with E-state index in [1.54, 1.807) is 24.3 Å². The van der Waals surface area contributed by atoms with Gasteiger partial charge in [0.05, 0.1) is 6.54 Å². The quantitative estimate of drug-likeness (QED) is 0.276. The Labute approximate surface area is 213 Å². The molecule has 1 aromatic carbocycles. The Balaban J connectivity index is 1.95. The normalized spacial score (nSPS) is 25.4. The van der Waals surface area contributed by atoms with E-state index >= 15 is 0 Å². The second-order valence-electron chi connectivity index (χ2n) is 8.74. The molecule has 0 unspecified atom stereocenters. The Bertz CT molecular complexity index is 1050. The number of amides is 2. The van der Waals surface area contributed by atoms with E-state index in [1.807, 2.05) is 0 Å². The molecule has 2 saturated heterocycles. The Morgan fingerprint density at radius 1 is 0.784 bits per heavy atom. The molecule has 5 atom stereocenters. The van der Waals surface area contributed by atoms with Crippen molar-refractivity contribution in [1.82, 2.24) is 4.90 Å². The van der Waals surface area contributed by atoms with Crippen molar-refractivity contribution < 1.29 is 52.5 Å². The molecule has 2 heterocycles. The number of hydrogen-bond acceptors (Lipinski definition) is 11. The van der Waals surface area contributed by atoms with E-state index in [1.165, 1.54) is 18.7 Å². The van der Waals surface area contributed by atoms with Gasteiger partial charge in [-0.15, -0.1) is 0 Å². The monoisotopic (exact) mass is 519 g/mol. The lowest BCUT2D eigenvalue weighted by Gasteiger charge is -2.44. The van der Waals surface area contributed by atoms with Gasteiger partial charge in [-0.2, -0.15) is 0 Å². The second kappa shape index (κ2) is 12.0. The zero-order valence-corrected chi connectivity index (χ0v) is 21.0. The maximum atomic E-state index is 12.0. The van der Waals surface area contributed by atoms with Gasteiger partial charge in [0.1, 0.15) is 18.8 Å². The molecule has 1 aromatic rings. The van der Waals surface area contributed by atoms with Crippen LogP contribution in [0, 0.1) is 0 Å². The molecule has 2 amide bonds. The minimum atomic E-state index is -1.27. The van der Waals surface area contributed by atoms with Crippen LogP contribution in [0.25, 0.3) is 0 Å². The lowest BCUT2D eigenvalue weighted by molar-refractivity contribution is -0.254. The average Bonchev–Trinajstić information content (AvgIpc) is 3.12. The first-order valence-corrected chi connectivity index (χ1v) is 11.7. The SMILES string of the molecule is CC(=O)OC[C@H]1O[C@@H](c2ccc(CN3C(=O)CCC3=O)cc2)[C@H](OC(C)=O)[C@@H](OC(C)=O)[C@@H]1OC(C)=O. The van der Waals surface area contributed by atoms with Crippen LogP contribution in [0.1, 0.15) is 57.8 Å². The summed E-state index contributed by atoms with van der Waals surface area (Å²) in [7, 11) is 0. The standard InChI is InChI=1S/C25H29NO11/c1-13(27)33-12-19-23(34-14(2)28)25(36-16(4)30)24(35-15(3)29)22(37-19)18-7-5-17(6-8-18)11-26-20(31)9-10-21(26)32/h5-8,19,22-25H,9-12H2,1-4H3/t19-,22+,23-,24+,25+/m1/s1. The first-order chi connectivity index (χ1) is 17.5. The Morgan fingerprint density at radius 2 is 1.30 bits per heavy atom. The molecule has 0 spiro atoms. The number of likely N-dealkylation sites (tertiary alicyclic amines) is 1. The highest BCUT2D eigenvalue weighted by Crippen LogP contribution is 2.38. The van der Waals surface area contributed by atoms with Gasteiger partial charge in [-0.05, 0) is 11.1 Å².